The first kappa shape index (κ1) is 31.7. The minimum absolute atomic E-state index is 0.114. The van der Waals surface area contributed by atoms with E-state index < -0.39 is 30.7 Å². The topological polar surface area (TPSA) is 72.5 Å². The summed E-state index contributed by atoms with van der Waals surface area (Å²) in [5, 5.41) is 0. The fourth-order valence-electron chi connectivity index (χ4n) is 5.08. The van der Waals surface area contributed by atoms with Crippen LogP contribution in [0.3, 0.4) is 0 Å². The molecule has 5 atom stereocenters. The third-order valence-corrected chi connectivity index (χ3v) is 7.29. The molecule has 7 heteroatoms. The van der Waals surface area contributed by atoms with Crippen molar-refractivity contribution in [1.29, 1.82) is 0 Å². The van der Waals surface area contributed by atoms with Crippen molar-refractivity contribution in [2.75, 3.05) is 13.2 Å². The van der Waals surface area contributed by atoms with Crippen LogP contribution in [0.25, 0.3) is 0 Å². The Labute approximate surface area is 259 Å². The molecule has 1 saturated heterocycles. The zero-order chi connectivity index (χ0) is 30.4. The fourth-order valence-corrected chi connectivity index (χ4v) is 5.08. The van der Waals surface area contributed by atoms with Gasteiger partial charge in [0.05, 0.1) is 33.0 Å². The summed E-state index contributed by atoms with van der Waals surface area (Å²) in [7, 11) is 0. The van der Waals surface area contributed by atoms with Crippen LogP contribution in [0.1, 0.15) is 29.2 Å². The predicted molar refractivity (Wildman–Crippen MR) is 166 cm³/mol. The standard InChI is InChI=1S/C37H40O7/c1-28(38)22-43-37-36(42-26-32-20-12-5-13-21-32)35(41-25-31-18-10-4-11-19-31)34(40-24-30-16-8-3-9-17-30)33(44-37)27-39-23-29-14-6-2-7-15-29/h2-21,33-37H,22-27H2,1H3/t33?,34-,35?,36?,37+/m1/s1. The SMILES string of the molecule is CC(=O)CO[C@H]1OC(COCc2ccccc2)[C@@H](OCc2ccccc2)C(OCc2ccccc2)C1OCc1ccccc1. The van der Waals surface area contributed by atoms with E-state index in [1.165, 1.54) is 6.92 Å². The quantitative estimate of drug-likeness (QED) is 0.151. The van der Waals surface area contributed by atoms with Crippen molar-refractivity contribution in [3.8, 4) is 0 Å². The number of hydrogen-bond acceptors (Lipinski definition) is 7. The Hall–Kier alpha value is -3.69. The van der Waals surface area contributed by atoms with Gasteiger partial charge in [-0.3, -0.25) is 4.79 Å². The van der Waals surface area contributed by atoms with Gasteiger partial charge < -0.3 is 28.4 Å². The van der Waals surface area contributed by atoms with E-state index in [0.717, 1.165) is 22.3 Å². The zero-order valence-electron chi connectivity index (χ0n) is 25.0. The highest BCUT2D eigenvalue weighted by Gasteiger charge is 2.49. The Morgan fingerprint density at radius 1 is 0.545 bits per heavy atom. The van der Waals surface area contributed by atoms with Gasteiger partial charge in [-0.2, -0.15) is 0 Å². The summed E-state index contributed by atoms with van der Waals surface area (Å²) >= 11 is 0. The fraction of sp³-hybridized carbons (Fsp3) is 0.324. The summed E-state index contributed by atoms with van der Waals surface area (Å²) in [4.78, 5) is 12.0. The highest BCUT2D eigenvalue weighted by Crippen LogP contribution is 2.31. The molecular weight excluding hydrogens is 556 g/mol. The van der Waals surface area contributed by atoms with Gasteiger partial charge in [0, 0.05) is 0 Å². The number of ketones is 1. The van der Waals surface area contributed by atoms with Gasteiger partial charge in [0.2, 0.25) is 0 Å². The number of rotatable bonds is 16. The summed E-state index contributed by atoms with van der Waals surface area (Å²) in [5.41, 5.74) is 4.08. The van der Waals surface area contributed by atoms with Crippen molar-refractivity contribution in [3.05, 3.63) is 144 Å². The van der Waals surface area contributed by atoms with Crippen LogP contribution in [0.4, 0.5) is 0 Å². The lowest BCUT2D eigenvalue weighted by molar-refractivity contribution is -0.326. The second-order valence-corrected chi connectivity index (χ2v) is 10.8. The molecule has 0 aromatic heterocycles. The van der Waals surface area contributed by atoms with Crippen molar-refractivity contribution in [2.24, 2.45) is 0 Å². The Morgan fingerprint density at radius 3 is 1.41 bits per heavy atom. The summed E-state index contributed by atoms with van der Waals surface area (Å²) in [6.07, 6.45) is -3.29. The highest BCUT2D eigenvalue weighted by atomic mass is 16.7. The average molecular weight is 597 g/mol. The molecule has 7 nitrogen and oxygen atoms in total. The summed E-state index contributed by atoms with van der Waals surface area (Å²) < 4.78 is 38.5. The van der Waals surface area contributed by atoms with Crippen LogP contribution in [0.2, 0.25) is 0 Å². The molecule has 1 heterocycles. The number of ether oxygens (including phenoxy) is 6. The van der Waals surface area contributed by atoms with E-state index >= 15 is 0 Å². The van der Waals surface area contributed by atoms with Gasteiger partial charge in [-0.25, -0.2) is 0 Å². The van der Waals surface area contributed by atoms with Crippen LogP contribution in [0.5, 0.6) is 0 Å². The molecule has 4 aromatic rings. The molecular formula is C37H40O7. The molecule has 1 aliphatic heterocycles. The normalized spacial score (nSPS) is 21.6. The van der Waals surface area contributed by atoms with Gasteiger partial charge in [0.1, 0.15) is 31.0 Å². The van der Waals surface area contributed by atoms with Crippen molar-refractivity contribution >= 4 is 5.78 Å². The first-order valence-corrected chi connectivity index (χ1v) is 15.0. The summed E-state index contributed by atoms with van der Waals surface area (Å²) in [6, 6.07) is 39.8. The van der Waals surface area contributed by atoms with E-state index in [9.17, 15) is 4.79 Å². The van der Waals surface area contributed by atoms with Gasteiger partial charge in [0.15, 0.2) is 12.1 Å². The highest BCUT2D eigenvalue weighted by molar-refractivity contribution is 5.76. The minimum atomic E-state index is -0.884. The minimum Gasteiger partial charge on any atom is -0.374 e. The van der Waals surface area contributed by atoms with E-state index in [1.54, 1.807) is 0 Å². The molecule has 0 spiro atoms. The molecule has 0 saturated carbocycles. The Bertz CT molecular complexity index is 1370. The van der Waals surface area contributed by atoms with Crippen LogP contribution >= 0.6 is 0 Å². The van der Waals surface area contributed by atoms with Gasteiger partial charge in [-0.1, -0.05) is 121 Å². The van der Waals surface area contributed by atoms with Gasteiger partial charge in [-0.15, -0.1) is 0 Å². The van der Waals surface area contributed by atoms with Crippen molar-refractivity contribution in [2.45, 2.75) is 64.1 Å². The Kier molecular flexibility index (Phi) is 12.2. The molecule has 4 aromatic carbocycles. The molecule has 3 unspecified atom stereocenters. The Balaban J connectivity index is 1.42. The second-order valence-electron chi connectivity index (χ2n) is 10.8. The van der Waals surface area contributed by atoms with E-state index in [0.29, 0.717) is 26.4 Å². The lowest BCUT2D eigenvalue weighted by Crippen LogP contribution is -2.62. The molecule has 0 radical (unpaired) electrons. The number of carbonyl (C=O) groups is 1. The second kappa shape index (κ2) is 17.0. The molecule has 0 N–H and O–H groups in total. The van der Waals surface area contributed by atoms with Crippen molar-refractivity contribution < 1.29 is 33.2 Å². The number of benzene rings is 4. The molecule has 1 fully saturated rings. The van der Waals surface area contributed by atoms with Gasteiger partial charge in [0.25, 0.3) is 0 Å². The summed E-state index contributed by atoms with van der Waals surface area (Å²) in [6.45, 7) is 2.99. The van der Waals surface area contributed by atoms with Crippen LogP contribution in [0, 0.1) is 0 Å². The van der Waals surface area contributed by atoms with Crippen molar-refractivity contribution in [3.63, 3.8) is 0 Å². The smallest absolute Gasteiger partial charge is 0.187 e. The average Bonchev–Trinajstić information content (AvgIpc) is 3.07. The molecule has 0 amide bonds. The first-order valence-electron chi connectivity index (χ1n) is 15.0. The molecule has 1 aliphatic rings. The lowest BCUT2D eigenvalue weighted by atomic mass is 9.97. The van der Waals surface area contributed by atoms with E-state index in [2.05, 4.69) is 0 Å². The molecule has 44 heavy (non-hydrogen) atoms. The van der Waals surface area contributed by atoms with Gasteiger partial charge in [-0.05, 0) is 29.2 Å². The zero-order valence-corrected chi connectivity index (χ0v) is 25.0. The monoisotopic (exact) mass is 596 g/mol. The van der Waals surface area contributed by atoms with Crippen LogP contribution in [0.15, 0.2) is 121 Å². The number of hydrogen-bond donors (Lipinski definition) is 0. The first-order chi connectivity index (χ1) is 21.7. The third-order valence-electron chi connectivity index (χ3n) is 7.29. The maximum Gasteiger partial charge on any atom is 0.187 e. The molecule has 0 aliphatic carbocycles. The summed E-state index contributed by atoms with van der Waals surface area (Å²) in [5.74, 6) is -0.114. The van der Waals surface area contributed by atoms with E-state index in [1.807, 2.05) is 121 Å². The number of Topliss-reactive ketones (excluding diaryl/α,β-unsaturated/α-hetero) is 1. The van der Waals surface area contributed by atoms with Crippen LogP contribution in [-0.2, 0) is 59.6 Å². The maximum absolute atomic E-state index is 12.0. The van der Waals surface area contributed by atoms with Gasteiger partial charge >= 0.3 is 0 Å². The predicted octanol–water partition coefficient (Wildman–Crippen LogP) is 6.29. The third kappa shape index (κ3) is 9.66. The molecule has 5 rings (SSSR count). The largest absolute Gasteiger partial charge is 0.374 e. The number of carbonyl (C=O) groups excluding carboxylic acids is 1. The maximum atomic E-state index is 12.0. The van der Waals surface area contributed by atoms with Crippen LogP contribution < -0.4 is 0 Å². The van der Waals surface area contributed by atoms with E-state index in [-0.39, 0.29) is 19.0 Å². The lowest BCUT2D eigenvalue weighted by Gasteiger charge is -2.45. The molecule has 0 bridgehead atoms. The Morgan fingerprint density at radius 2 is 0.955 bits per heavy atom. The van der Waals surface area contributed by atoms with Crippen molar-refractivity contribution in [1.82, 2.24) is 0 Å². The van der Waals surface area contributed by atoms with E-state index in [4.69, 9.17) is 28.4 Å². The molecule has 230 valence electrons. The van der Waals surface area contributed by atoms with Crippen LogP contribution in [-0.4, -0.2) is 49.7 Å².